The van der Waals surface area contributed by atoms with E-state index in [4.69, 9.17) is 5.11 Å². The smallest absolute Gasteiger partial charge is 0.354 e. The normalized spacial score (nSPS) is 11.3. The Morgan fingerprint density at radius 3 is 2.47 bits per heavy atom. The van der Waals surface area contributed by atoms with Crippen LogP contribution in [0.2, 0.25) is 0 Å². The third-order valence-electron chi connectivity index (χ3n) is 1.84. The second-order valence-electron chi connectivity index (χ2n) is 3.86. The third-order valence-corrected chi connectivity index (χ3v) is 2.82. The molecule has 0 fully saturated rings. The van der Waals surface area contributed by atoms with Gasteiger partial charge in [-0.05, 0) is 13.8 Å². The first kappa shape index (κ1) is 12.1. The lowest BCUT2D eigenvalue weighted by Crippen LogP contribution is -2.12. The van der Waals surface area contributed by atoms with Gasteiger partial charge in [0.05, 0.1) is 6.20 Å². The minimum Gasteiger partial charge on any atom is -0.477 e. The van der Waals surface area contributed by atoms with Gasteiger partial charge in [-0.2, -0.15) is 0 Å². The number of aromatic nitrogens is 2. The van der Waals surface area contributed by atoms with Crippen LogP contribution in [0.5, 0.6) is 0 Å². The van der Waals surface area contributed by atoms with Crippen LogP contribution in [0, 0.1) is 0 Å². The fourth-order valence-electron chi connectivity index (χ4n) is 1.30. The Balaban J connectivity index is 3.12. The Kier molecular flexibility index (Phi) is 3.79. The Morgan fingerprint density at radius 1 is 1.47 bits per heavy atom. The molecular weight excluding hydrogens is 212 g/mol. The van der Waals surface area contributed by atoms with Crippen molar-refractivity contribution in [1.82, 2.24) is 9.55 Å². The third kappa shape index (κ3) is 2.75. The van der Waals surface area contributed by atoms with E-state index < -0.39 is 5.97 Å². The zero-order valence-electron chi connectivity index (χ0n) is 9.39. The molecule has 0 aliphatic heterocycles. The van der Waals surface area contributed by atoms with Gasteiger partial charge < -0.3 is 9.67 Å². The molecule has 1 rings (SSSR count). The molecule has 1 aromatic heterocycles. The van der Waals surface area contributed by atoms with Gasteiger partial charge in [0.2, 0.25) is 0 Å². The van der Waals surface area contributed by atoms with Crippen LogP contribution in [0.25, 0.3) is 0 Å². The van der Waals surface area contributed by atoms with Crippen molar-refractivity contribution in [3.63, 3.8) is 0 Å². The molecule has 0 bridgehead atoms. The average molecular weight is 228 g/mol. The number of carboxylic acids is 1. The molecular formula is C10H16N2O2S. The van der Waals surface area contributed by atoms with E-state index in [0.29, 0.717) is 5.25 Å². The molecule has 0 unspecified atom stereocenters. The van der Waals surface area contributed by atoms with Gasteiger partial charge in [-0.15, -0.1) is 0 Å². The molecule has 0 saturated heterocycles. The highest BCUT2D eigenvalue weighted by atomic mass is 32.2. The summed E-state index contributed by atoms with van der Waals surface area (Å²) in [7, 11) is 0. The van der Waals surface area contributed by atoms with Crippen molar-refractivity contribution in [3.8, 4) is 0 Å². The van der Waals surface area contributed by atoms with Crippen molar-refractivity contribution < 1.29 is 9.90 Å². The number of thioether (sulfide) groups is 1. The van der Waals surface area contributed by atoms with Crippen LogP contribution in [0.4, 0.5) is 0 Å². The zero-order valence-corrected chi connectivity index (χ0v) is 10.2. The van der Waals surface area contributed by atoms with Crippen molar-refractivity contribution in [1.29, 1.82) is 0 Å². The first-order valence-electron chi connectivity index (χ1n) is 4.90. The lowest BCUT2D eigenvalue weighted by molar-refractivity contribution is 0.0682. The average Bonchev–Trinajstić information content (AvgIpc) is 2.46. The maximum absolute atomic E-state index is 11.0. The molecule has 1 N–H and O–H groups in total. The number of carboxylic acid groups (broad SMARTS) is 1. The van der Waals surface area contributed by atoms with E-state index in [0.717, 1.165) is 5.16 Å². The highest BCUT2D eigenvalue weighted by Crippen LogP contribution is 2.26. The molecule has 0 aliphatic rings. The van der Waals surface area contributed by atoms with Crippen molar-refractivity contribution in [2.24, 2.45) is 0 Å². The maximum atomic E-state index is 11.0. The van der Waals surface area contributed by atoms with Crippen LogP contribution in [-0.4, -0.2) is 25.9 Å². The quantitative estimate of drug-likeness (QED) is 0.805. The summed E-state index contributed by atoms with van der Waals surface area (Å²) >= 11 is 1.58. The van der Waals surface area contributed by atoms with Crippen molar-refractivity contribution in [3.05, 3.63) is 11.9 Å². The molecule has 0 atom stereocenters. The summed E-state index contributed by atoms with van der Waals surface area (Å²) in [5, 5.41) is 10.2. The predicted molar refractivity (Wildman–Crippen MR) is 60.6 cm³/mol. The van der Waals surface area contributed by atoms with Crippen LogP contribution in [0.1, 0.15) is 44.2 Å². The minimum absolute atomic E-state index is 0.111. The molecule has 4 nitrogen and oxygen atoms in total. The molecule has 84 valence electrons. The minimum atomic E-state index is -0.924. The van der Waals surface area contributed by atoms with E-state index >= 15 is 0 Å². The predicted octanol–water partition coefficient (Wildman–Crippen LogP) is 2.66. The van der Waals surface area contributed by atoms with Crippen LogP contribution >= 0.6 is 11.8 Å². The Hall–Kier alpha value is -0.970. The lowest BCUT2D eigenvalue weighted by atomic mass is 10.3. The number of carbonyl (C=O) groups is 1. The largest absolute Gasteiger partial charge is 0.477 e. The number of rotatable bonds is 4. The van der Waals surface area contributed by atoms with Crippen molar-refractivity contribution in [2.75, 3.05) is 0 Å². The molecule has 0 amide bonds. The number of hydrogen-bond donors (Lipinski definition) is 1. The van der Waals surface area contributed by atoms with Crippen LogP contribution < -0.4 is 0 Å². The molecule has 0 radical (unpaired) electrons. The lowest BCUT2D eigenvalue weighted by Gasteiger charge is -2.14. The van der Waals surface area contributed by atoms with Crippen molar-refractivity contribution >= 4 is 17.7 Å². The second kappa shape index (κ2) is 4.70. The van der Waals surface area contributed by atoms with Gasteiger partial charge in [0.1, 0.15) is 5.69 Å². The number of aromatic carboxylic acids is 1. The standard InChI is InChI=1S/C10H16N2O2S/c1-6(2)12-8(9(13)14)5-11-10(12)15-7(3)4/h5-7H,1-4H3,(H,13,14). The zero-order chi connectivity index (χ0) is 11.6. The molecule has 1 heterocycles. The molecule has 1 aromatic rings. The Morgan fingerprint density at radius 2 is 2.07 bits per heavy atom. The van der Waals surface area contributed by atoms with E-state index in [2.05, 4.69) is 18.8 Å². The topological polar surface area (TPSA) is 55.1 Å². The summed E-state index contributed by atoms with van der Waals surface area (Å²) in [6.45, 7) is 8.03. The van der Waals surface area contributed by atoms with Crippen LogP contribution in [0.15, 0.2) is 11.4 Å². The van der Waals surface area contributed by atoms with E-state index in [1.54, 1.807) is 16.3 Å². The molecule has 0 aliphatic carbocycles. The first-order chi connectivity index (χ1) is 6.93. The number of imidazole rings is 1. The maximum Gasteiger partial charge on any atom is 0.354 e. The molecule has 0 saturated carbocycles. The monoisotopic (exact) mass is 228 g/mol. The van der Waals surface area contributed by atoms with Gasteiger partial charge in [-0.1, -0.05) is 25.6 Å². The van der Waals surface area contributed by atoms with Crippen LogP contribution in [-0.2, 0) is 0 Å². The van der Waals surface area contributed by atoms with E-state index in [9.17, 15) is 4.79 Å². The summed E-state index contributed by atoms with van der Waals surface area (Å²) in [6.07, 6.45) is 1.42. The van der Waals surface area contributed by atoms with Gasteiger partial charge in [-0.3, -0.25) is 0 Å². The van der Waals surface area contributed by atoms with E-state index in [1.165, 1.54) is 6.20 Å². The van der Waals surface area contributed by atoms with E-state index in [1.807, 2.05) is 13.8 Å². The fourth-order valence-corrected chi connectivity index (χ4v) is 2.26. The second-order valence-corrected chi connectivity index (χ2v) is 5.41. The molecule has 5 heteroatoms. The summed E-state index contributed by atoms with van der Waals surface area (Å²) in [5.74, 6) is -0.924. The van der Waals surface area contributed by atoms with E-state index in [-0.39, 0.29) is 11.7 Å². The van der Waals surface area contributed by atoms with Gasteiger partial charge in [0.15, 0.2) is 5.16 Å². The van der Waals surface area contributed by atoms with Crippen molar-refractivity contribution in [2.45, 2.75) is 44.1 Å². The van der Waals surface area contributed by atoms with Gasteiger partial charge in [-0.25, -0.2) is 9.78 Å². The summed E-state index contributed by atoms with van der Waals surface area (Å²) in [4.78, 5) is 15.1. The number of nitrogens with zero attached hydrogens (tertiary/aromatic N) is 2. The van der Waals surface area contributed by atoms with Crippen LogP contribution in [0.3, 0.4) is 0 Å². The highest BCUT2D eigenvalue weighted by molar-refractivity contribution is 7.99. The van der Waals surface area contributed by atoms with Gasteiger partial charge in [0, 0.05) is 11.3 Å². The number of hydrogen-bond acceptors (Lipinski definition) is 3. The summed E-state index contributed by atoms with van der Waals surface area (Å²) in [5.41, 5.74) is 0.258. The SMILES string of the molecule is CC(C)Sc1ncc(C(=O)O)n1C(C)C. The van der Waals surface area contributed by atoms with Gasteiger partial charge >= 0.3 is 5.97 Å². The molecule has 15 heavy (non-hydrogen) atoms. The summed E-state index contributed by atoms with van der Waals surface area (Å²) in [6, 6.07) is 0.111. The summed E-state index contributed by atoms with van der Waals surface area (Å²) < 4.78 is 1.76. The first-order valence-corrected chi connectivity index (χ1v) is 5.78. The molecule has 0 spiro atoms. The highest BCUT2D eigenvalue weighted by Gasteiger charge is 2.18. The molecule has 0 aromatic carbocycles. The Labute approximate surface area is 93.7 Å². The fraction of sp³-hybridized carbons (Fsp3) is 0.600. The Bertz CT molecular complexity index is 358. The van der Waals surface area contributed by atoms with Gasteiger partial charge in [0.25, 0.3) is 0 Å².